The molecular weight excluding hydrogens is 450 g/mol. The second-order valence-electron chi connectivity index (χ2n) is 10.5. The molecule has 0 radical (unpaired) electrons. The second kappa shape index (κ2) is 13.5. The Kier molecular flexibility index (Phi) is 11.0. The maximum absolute atomic E-state index is 12.9. The van der Waals surface area contributed by atoms with Crippen LogP contribution < -0.4 is 5.32 Å². The van der Waals surface area contributed by atoms with E-state index in [0.717, 1.165) is 25.7 Å². The fourth-order valence-corrected chi connectivity index (χ4v) is 4.53. The topological polar surface area (TPSA) is 105 Å². The van der Waals surface area contributed by atoms with Crippen molar-refractivity contribution in [3.8, 4) is 0 Å². The van der Waals surface area contributed by atoms with E-state index in [9.17, 15) is 19.2 Å². The molecule has 9 nitrogen and oxygen atoms in total. The summed E-state index contributed by atoms with van der Waals surface area (Å²) >= 11 is 0. The van der Waals surface area contributed by atoms with Crippen molar-refractivity contribution >= 4 is 23.9 Å². The number of hydrogen-bond acceptors (Lipinski definition) is 6. The van der Waals surface area contributed by atoms with Crippen LogP contribution >= 0.6 is 0 Å². The van der Waals surface area contributed by atoms with E-state index in [0.29, 0.717) is 51.5 Å². The van der Waals surface area contributed by atoms with Gasteiger partial charge in [0, 0.05) is 32.6 Å². The Morgan fingerprint density at radius 3 is 2.37 bits per heavy atom. The molecule has 0 aliphatic carbocycles. The molecule has 2 saturated heterocycles. The summed E-state index contributed by atoms with van der Waals surface area (Å²) in [5.74, 6) is -0.364. The van der Waals surface area contributed by atoms with Crippen LogP contribution in [0.25, 0.3) is 0 Å². The maximum atomic E-state index is 12.9. The van der Waals surface area contributed by atoms with Crippen LogP contribution in [-0.2, 0) is 23.9 Å². The standard InChI is InChI=1S/C26H43N3O6/c1-6-21(17-23(31)34-7-2)27-24(32)20-9-8-14-29(18-20)22(30)11-10-19-12-15-28(16-13-19)25(33)35-26(3,4)5/h6,19-21H,1,7-18H2,2-5H3,(H,27,32)/t20-,21-/m1/s1. The molecule has 2 fully saturated rings. The van der Waals surface area contributed by atoms with Gasteiger partial charge in [-0.25, -0.2) is 4.79 Å². The molecule has 0 bridgehead atoms. The molecule has 9 heteroatoms. The molecule has 2 aliphatic heterocycles. The van der Waals surface area contributed by atoms with Crippen LogP contribution in [0.4, 0.5) is 4.79 Å². The summed E-state index contributed by atoms with van der Waals surface area (Å²) in [6.07, 6.45) is 5.75. The van der Waals surface area contributed by atoms with Crippen LogP contribution in [0.5, 0.6) is 0 Å². The number of hydrogen-bond donors (Lipinski definition) is 1. The molecular formula is C26H43N3O6. The first-order chi connectivity index (χ1) is 16.5. The second-order valence-corrected chi connectivity index (χ2v) is 10.5. The monoisotopic (exact) mass is 493 g/mol. The van der Waals surface area contributed by atoms with E-state index in [1.807, 2.05) is 20.8 Å². The zero-order valence-electron chi connectivity index (χ0n) is 21.8. The Balaban J connectivity index is 1.75. The highest BCUT2D eigenvalue weighted by Crippen LogP contribution is 2.25. The van der Waals surface area contributed by atoms with Crippen LogP contribution in [0.15, 0.2) is 12.7 Å². The fraction of sp³-hybridized carbons (Fsp3) is 0.769. The van der Waals surface area contributed by atoms with Crippen LogP contribution in [-0.4, -0.2) is 78.1 Å². The molecule has 2 heterocycles. The minimum Gasteiger partial charge on any atom is -0.466 e. The van der Waals surface area contributed by atoms with Crippen LogP contribution in [0, 0.1) is 11.8 Å². The van der Waals surface area contributed by atoms with Crippen molar-refractivity contribution in [1.82, 2.24) is 15.1 Å². The van der Waals surface area contributed by atoms with E-state index in [2.05, 4.69) is 11.9 Å². The Labute approximate surface area is 209 Å². The molecule has 2 atom stereocenters. The first-order valence-electron chi connectivity index (χ1n) is 12.9. The Hall–Kier alpha value is -2.58. The smallest absolute Gasteiger partial charge is 0.410 e. The highest BCUT2D eigenvalue weighted by molar-refractivity contribution is 5.82. The number of rotatable bonds is 9. The summed E-state index contributed by atoms with van der Waals surface area (Å²) in [7, 11) is 0. The number of amides is 3. The average Bonchev–Trinajstić information content (AvgIpc) is 2.81. The van der Waals surface area contributed by atoms with E-state index in [1.54, 1.807) is 16.7 Å². The normalized spacial score (nSPS) is 20.1. The van der Waals surface area contributed by atoms with Gasteiger partial charge in [0.15, 0.2) is 0 Å². The molecule has 35 heavy (non-hydrogen) atoms. The van der Waals surface area contributed by atoms with Gasteiger partial charge in [0.05, 0.1) is 25.0 Å². The zero-order valence-corrected chi connectivity index (χ0v) is 21.8. The summed E-state index contributed by atoms with van der Waals surface area (Å²) in [4.78, 5) is 53.1. The van der Waals surface area contributed by atoms with Gasteiger partial charge in [0.1, 0.15) is 5.60 Å². The molecule has 0 spiro atoms. The third-order valence-corrected chi connectivity index (χ3v) is 6.48. The number of esters is 1. The molecule has 2 aliphatic rings. The molecule has 0 aromatic carbocycles. The van der Waals surface area contributed by atoms with Crippen molar-refractivity contribution in [1.29, 1.82) is 0 Å². The van der Waals surface area contributed by atoms with Gasteiger partial charge >= 0.3 is 12.1 Å². The number of likely N-dealkylation sites (tertiary alicyclic amines) is 2. The van der Waals surface area contributed by atoms with E-state index >= 15 is 0 Å². The molecule has 0 aromatic heterocycles. The highest BCUT2D eigenvalue weighted by Gasteiger charge is 2.31. The lowest BCUT2D eigenvalue weighted by atomic mass is 9.91. The zero-order chi connectivity index (χ0) is 26.0. The Morgan fingerprint density at radius 1 is 1.09 bits per heavy atom. The van der Waals surface area contributed by atoms with Gasteiger partial charge in [-0.1, -0.05) is 6.08 Å². The number of carbonyl (C=O) groups is 4. The van der Waals surface area contributed by atoms with Crippen molar-refractivity contribution < 1.29 is 28.7 Å². The maximum Gasteiger partial charge on any atom is 0.410 e. The quantitative estimate of drug-likeness (QED) is 0.390. The van der Waals surface area contributed by atoms with Crippen molar-refractivity contribution in [3.05, 3.63) is 12.7 Å². The van der Waals surface area contributed by atoms with Gasteiger partial charge in [-0.15, -0.1) is 6.58 Å². The van der Waals surface area contributed by atoms with Crippen LogP contribution in [0.2, 0.25) is 0 Å². The van der Waals surface area contributed by atoms with Gasteiger partial charge < -0.3 is 24.6 Å². The summed E-state index contributed by atoms with van der Waals surface area (Å²) in [5.41, 5.74) is -0.503. The van der Waals surface area contributed by atoms with Crippen molar-refractivity contribution in [2.75, 3.05) is 32.8 Å². The highest BCUT2D eigenvalue weighted by atomic mass is 16.6. The minimum absolute atomic E-state index is 0.0468. The SMILES string of the molecule is C=C[C@H](CC(=O)OCC)NC(=O)[C@@H]1CCCN(C(=O)CCC2CCN(C(=O)OC(C)(C)C)CC2)C1. The summed E-state index contributed by atoms with van der Waals surface area (Å²) < 4.78 is 10.4. The lowest BCUT2D eigenvalue weighted by Gasteiger charge is -2.35. The number of piperidine rings is 2. The van der Waals surface area contributed by atoms with E-state index in [4.69, 9.17) is 9.47 Å². The van der Waals surface area contributed by atoms with E-state index < -0.39 is 11.6 Å². The molecule has 2 rings (SSSR count). The Morgan fingerprint density at radius 2 is 1.77 bits per heavy atom. The largest absolute Gasteiger partial charge is 0.466 e. The van der Waals surface area contributed by atoms with Crippen molar-refractivity contribution in [3.63, 3.8) is 0 Å². The predicted octanol–water partition coefficient (Wildman–Crippen LogP) is 3.28. The fourth-order valence-electron chi connectivity index (χ4n) is 4.53. The summed E-state index contributed by atoms with van der Waals surface area (Å²) in [6, 6.07) is -0.487. The van der Waals surface area contributed by atoms with Gasteiger partial charge in [-0.2, -0.15) is 0 Å². The van der Waals surface area contributed by atoms with Crippen LogP contribution in [0.3, 0.4) is 0 Å². The first kappa shape index (κ1) is 28.7. The van der Waals surface area contributed by atoms with Crippen molar-refractivity contribution in [2.24, 2.45) is 11.8 Å². The van der Waals surface area contributed by atoms with Gasteiger partial charge in [0.25, 0.3) is 0 Å². The number of carbonyl (C=O) groups excluding carboxylic acids is 4. The molecule has 198 valence electrons. The van der Waals surface area contributed by atoms with Crippen molar-refractivity contribution in [2.45, 2.75) is 84.3 Å². The third kappa shape index (κ3) is 9.90. The molecule has 0 saturated carbocycles. The molecule has 3 amide bonds. The molecule has 1 N–H and O–H groups in total. The summed E-state index contributed by atoms with van der Waals surface area (Å²) in [6.45, 7) is 13.7. The molecule has 0 unspecified atom stereocenters. The molecule has 0 aromatic rings. The average molecular weight is 494 g/mol. The predicted molar refractivity (Wildman–Crippen MR) is 132 cm³/mol. The Bertz CT molecular complexity index is 755. The van der Waals surface area contributed by atoms with E-state index in [-0.39, 0.29) is 36.2 Å². The lowest BCUT2D eigenvalue weighted by molar-refractivity contribution is -0.143. The van der Waals surface area contributed by atoms with Crippen LogP contribution in [0.1, 0.15) is 72.6 Å². The minimum atomic E-state index is -0.503. The number of ether oxygens (including phenoxy) is 2. The van der Waals surface area contributed by atoms with Gasteiger partial charge in [-0.3, -0.25) is 14.4 Å². The summed E-state index contributed by atoms with van der Waals surface area (Å²) in [5, 5.41) is 2.86. The van der Waals surface area contributed by atoms with Gasteiger partial charge in [-0.05, 0) is 65.7 Å². The lowest BCUT2D eigenvalue weighted by Crippen LogP contribution is -2.47. The van der Waals surface area contributed by atoms with Gasteiger partial charge in [0.2, 0.25) is 11.8 Å². The number of nitrogens with zero attached hydrogens (tertiary/aromatic N) is 2. The first-order valence-corrected chi connectivity index (χ1v) is 12.9. The number of nitrogens with one attached hydrogen (secondary N) is 1. The third-order valence-electron chi connectivity index (χ3n) is 6.48. The van der Waals surface area contributed by atoms with E-state index in [1.165, 1.54) is 6.08 Å².